The molecule has 0 heterocycles. The van der Waals surface area contributed by atoms with Crippen LogP contribution in [-0.4, -0.2) is 12.4 Å². The summed E-state index contributed by atoms with van der Waals surface area (Å²) >= 11 is 11.8. The molecule has 3 nitrogen and oxygen atoms in total. The van der Waals surface area contributed by atoms with Crippen molar-refractivity contribution in [3.63, 3.8) is 0 Å². The van der Waals surface area contributed by atoms with Gasteiger partial charge in [0.15, 0.2) is 0 Å². The third kappa shape index (κ3) is 5.62. The topological polar surface area (TPSA) is 36.4 Å². The summed E-state index contributed by atoms with van der Waals surface area (Å²) in [5, 5.41) is -0.288. The number of benzene rings is 1. The Morgan fingerprint density at radius 3 is 2.13 bits per heavy atom. The minimum Gasteiger partial charge on any atom is -0.297 e. The van der Waals surface area contributed by atoms with Gasteiger partial charge in [-0.25, -0.2) is 0 Å². The van der Waals surface area contributed by atoms with E-state index in [4.69, 9.17) is 23.2 Å². The summed E-state index contributed by atoms with van der Waals surface area (Å²) in [4.78, 5) is 4.30. The molecule has 8 heteroatoms. The minimum atomic E-state index is -4.51. The third-order valence-electron chi connectivity index (χ3n) is 2.76. The standard InChI is InChI=1S/C15H18Cl2F3N3/c1-5-6-21-13(14(2,3)4)23-22-12-10(16)7-9(8-11(12)17)15(18,19)20/h5,7-8,22H,1,6H2,2-4H3,(H,21,23). The van der Waals surface area contributed by atoms with Gasteiger partial charge in [-0.2, -0.15) is 13.2 Å². The number of anilines is 1. The quantitative estimate of drug-likeness (QED) is 0.316. The molecular weight excluding hydrogens is 350 g/mol. The average molecular weight is 368 g/mol. The molecule has 0 aromatic heterocycles. The molecule has 1 aromatic carbocycles. The highest BCUT2D eigenvalue weighted by molar-refractivity contribution is 6.39. The second kappa shape index (κ2) is 7.45. The van der Waals surface area contributed by atoms with Crippen LogP contribution in [0.25, 0.3) is 0 Å². The van der Waals surface area contributed by atoms with E-state index in [1.54, 1.807) is 6.08 Å². The van der Waals surface area contributed by atoms with Crippen LogP contribution in [0.5, 0.6) is 0 Å². The van der Waals surface area contributed by atoms with Crippen molar-refractivity contribution in [3.05, 3.63) is 40.4 Å². The molecule has 1 aromatic rings. The van der Waals surface area contributed by atoms with Crippen LogP contribution in [0, 0.1) is 5.41 Å². The van der Waals surface area contributed by atoms with Crippen molar-refractivity contribution in [3.8, 4) is 0 Å². The van der Waals surface area contributed by atoms with Crippen molar-refractivity contribution in [1.82, 2.24) is 5.43 Å². The Morgan fingerprint density at radius 1 is 1.22 bits per heavy atom. The molecule has 0 fully saturated rings. The molecule has 1 rings (SSSR count). The van der Waals surface area contributed by atoms with Crippen molar-refractivity contribution in [2.24, 2.45) is 10.4 Å². The maximum absolute atomic E-state index is 12.7. The van der Waals surface area contributed by atoms with E-state index in [0.29, 0.717) is 12.4 Å². The molecule has 2 N–H and O–H groups in total. The summed E-state index contributed by atoms with van der Waals surface area (Å²) in [6, 6.07) is 1.63. The number of hydrogen-bond donors (Lipinski definition) is 2. The van der Waals surface area contributed by atoms with E-state index in [2.05, 4.69) is 22.4 Å². The molecule has 0 aliphatic rings. The van der Waals surface area contributed by atoms with E-state index in [1.807, 2.05) is 20.8 Å². The van der Waals surface area contributed by atoms with E-state index in [9.17, 15) is 13.2 Å². The summed E-state index contributed by atoms with van der Waals surface area (Å²) in [6.45, 7) is 9.78. The van der Waals surface area contributed by atoms with Gasteiger partial charge >= 0.3 is 6.18 Å². The van der Waals surface area contributed by atoms with Gasteiger partial charge in [0, 0.05) is 5.41 Å². The van der Waals surface area contributed by atoms with E-state index in [1.165, 1.54) is 0 Å². The van der Waals surface area contributed by atoms with E-state index < -0.39 is 11.7 Å². The molecule has 0 aliphatic carbocycles. The van der Waals surface area contributed by atoms with Crippen LogP contribution >= 0.6 is 23.2 Å². The van der Waals surface area contributed by atoms with Crippen LogP contribution in [0.15, 0.2) is 29.8 Å². The Kier molecular flexibility index (Phi) is 6.36. The third-order valence-corrected chi connectivity index (χ3v) is 3.36. The highest BCUT2D eigenvalue weighted by Gasteiger charge is 2.32. The number of hydrazine groups is 1. The van der Waals surface area contributed by atoms with Gasteiger partial charge < -0.3 is 0 Å². The summed E-state index contributed by atoms with van der Waals surface area (Å²) in [5.41, 5.74) is 4.51. The highest BCUT2D eigenvalue weighted by Crippen LogP contribution is 2.38. The van der Waals surface area contributed by atoms with Crippen LogP contribution in [0.1, 0.15) is 26.3 Å². The van der Waals surface area contributed by atoms with Gasteiger partial charge in [0.2, 0.25) is 0 Å². The molecule has 0 spiro atoms. The van der Waals surface area contributed by atoms with E-state index in [-0.39, 0.29) is 21.1 Å². The molecule has 0 saturated carbocycles. The second-order valence-electron chi connectivity index (χ2n) is 5.79. The first-order valence-corrected chi connectivity index (χ1v) is 7.46. The number of nitrogens with one attached hydrogen (secondary N) is 2. The molecule has 0 saturated heterocycles. The fourth-order valence-electron chi connectivity index (χ4n) is 1.60. The number of nitrogens with zero attached hydrogens (tertiary/aromatic N) is 1. The second-order valence-corrected chi connectivity index (χ2v) is 6.61. The Balaban J connectivity index is 3.03. The molecule has 0 amide bonds. The molecule has 0 radical (unpaired) electrons. The van der Waals surface area contributed by atoms with Crippen molar-refractivity contribution < 1.29 is 13.2 Å². The van der Waals surface area contributed by atoms with Crippen LogP contribution in [0.3, 0.4) is 0 Å². The summed E-state index contributed by atoms with van der Waals surface area (Å²) in [7, 11) is 0. The van der Waals surface area contributed by atoms with Gasteiger partial charge in [-0.1, -0.05) is 50.0 Å². The lowest BCUT2D eigenvalue weighted by Crippen LogP contribution is -2.39. The molecule has 0 bridgehead atoms. The van der Waals surface area contributed by atoms with E-state index in [0.717, 1.165) is 12.1 Å². The largest absolute Gasteiger partial charge is 0.416 e. The van der Waals surface area contributed by atoms with Gasteiger partial charge in [-0.15, -0.1) is 6.58 Å². The molecular formula is C15H18Cl2F3N3. The van der Waals surface area contributed by atoms with Crippen molar-refractivity contribution in [2.75, 3.05) is 12.0 Å². The van der Waals surface area contributed by atoms with Gasteiger partial charge in [0.1, 0.15) is 5.84 Å². The average Bonchev–Trinajstić information content (AvgIpc) is 2.38. The molecule has 0 aliphatic heterocycles. The number of halogens is 5. The normalized spacial score (nSPS) is 13.0. The SMILES string of the molecule is C=CCN=C(NNc1c(Cl)cc(C(F)(F)F)cc1Cl)C(C)(C)C. The lowest BCUT2D eigenvalue weighted by atomic mass is 9.95. The summed E-state index contributed by atoms with van der Waals surface area (Å²) in [5.74, 6) is 0.587. The molecule has 23 heavy (non-hydrogen) atoms. The number of rotatable bonds is 4. The van der Waals surface area contributed by atoms with Crippen molar-refractivity contribution in [1.29, 1.82) is 0 Å². The maximum Gasteiger partial charge on any atom is 0.416 e. The number of hydrogen-bond acceptors (Lipinski definition) is 2. The first-order chi connectivity index (χ1) is 10.5. The Morgan fingerprint density at radius 2 is 1.74 bits per heavy atom. The fraction of sp³-hybridized carbons (Fsp3) is 0.400. The predicted molar refractivity (Wildman–Crippen MR) is 90.2 cm³/mol. The molecule has 0 unspecified atom stereocenters. The number of aliphatic imine (C=N–C) groups is 1. The summed E-state index contributed by atoms with van der Waals surface area (Å²) < 4.78 is 38.1. The van der Waals surface area contributed by atoms with Crippen LogP contribution in [-0.2, 0) is 6.18 Å². The number of amidine groups is 1. The Hall–Kier alpha value is -1.40. The maximum atomic E-state index is 12.7. The fourth-order valence-corrected chi connectivity index (χ4v) is 2.18. The Bertz CT molecular complexity index is 582. The first kappa shape index (κ1) is 19.6. The lowest BCUT2D eigenvalue weighted by Gasteiger charge is -2.24. The van der Waals surface area contributed by atoms with Gasteiger partial charge in [-0.3, -0.25) is 15.8 Å². The van der Waals surface area contributed by atoms with E-state index >= 15 is 0 Å². The van der Waals surface area contributed by atoms with Crippen molar-refractivity contribution in [2.45, 2.75) is 26.9 Å². The van der Waals surface area contributed by atoms with Crippen molar-refractivity contribution >= 4 is 34.7 Å². The molecule has 128 valence electrons. The zero-order chi connectivity index (χ0) is 17.8. The van der Waals surface area contributed by atoms with Crippen LogP contribution in [0.2, 0.25) is 10.0 Å². The van der Waals surface area contributed by atoms with Crippen LogP contribution < -0.4 is 10.9 Å². The van der Waals surface area contributed by atoms with Gasteiger partial charge in [-0.05, 0) is 12.1 Å². The molecule has 0 atom stereocenters. The smallest absolute Gasteiger partial charge is 0.297 e. The monoisotopic (exact) mass is 367 g/mol. The number of alkyl halides is 3. The lowest BCUT2D eigenvalue weighted by molar-refractivity contribution is -0.137. The Labute approximate surface area is 143 Å². The zero-order valence-electron chi connectivity index (χ0n) is 13.0. The summed E-state index contributed by atoms with van der Waals surface area (Å²) in [6.07, 6.45) is -2.88. The van der Waals surface area contributed by atoms with Gasteiger partial charge in [0.25, 0.3) is 0 Å². The highest BCUT2D eigenvalue weighted by atomic mass is 35.5. The zero-order valence-corrected chi connectivity index (χ0v) is 14.5. The first-order valence-electron chi connectivity index (χ1n) is 6.71. The predicted octanol–water partition coefficient (Wildman–Crippen LogP) is 5.56. The minimum absolute atomic E-state index is 0.144. The van der Waals surface area contributed by atoms with Gasteiger partial charge in [0.05, 0.1) is 27.8 Å². The van der Waals surface area contributed by atoms with Crippen LogP contribution in [0.4, 0.5) is 18.9 Å².